The molecule has 2 nitrogen and oxygen atoms in total. The maximum absolute atomic E-state index is 4.93. The monoisotopic (exact) mass is 73.1 g/mol. The molecule has 0 bridgehead atoms. The van der Waals surface area contributed by atoms with Crippen LogP contribution in [0.5, 0.6) is 0 Å². The number of ether oxygens (including phenoxy) is 1. The van der Waals surface area contributed by atoms with E-state index in [1.165, 1.54) is 0 Å². The van der Waals surface area contributed by atoms with Gasteiger partial charge in [0.1, 0.15) is 7.11 Å². The summed E-state index contributed by atoms with van der Waals surface area (Å²) in [6, 6.07) is 0. The predicted molar refractivity (Wildman–Crippen MR) is 19.3 cm³/mol. The smallest absolute Gasteiger partial charge is 0.115 e. The average molecular weight is 73.1 g/mol. The van der Waals surface area contributed by atoms with Gasteiger partial charge in [0.15, 0.2) is 0 Å². The fraction of sp³-hybridized carbons (Fsp3) is 0.667. The van der Waals surface area contributed by atoms with Crippen LogP contribution in [0.4, 0.5) is 0 Å². The molecular weight excluding hydrogens is 66.0 g/mol. The molecule has 0 aliphatic carbocycles. The molecule has 0 aliphatic rings. The quantitative estimate of drug-likeness (QED) is 0.484. The van der Waals surface area contributed by atoms with Gasteiger partial charge in [-0.2, -0.15) is 0 Å². The standard InChI is InChI=1S/C3H7NO/c1-5-3-2-4/h1H,2-4H2. The van der Waals surface area contributed by atoms with Crippen LogP contribution in [0.3, 0.4) is 0 Å². The van der Waals surface area contributed by atoms with Crippen LogP contribution in [0, 0.1) is 7.11 Å². The van der Waals surface area contributed by atoms with E-state index >= 15 is 0 Å². The highest BCUT2D eigenvalue weighted by molar-refractivity contribution is 4.24. The van der Waals surface area contributed by atoms with Gasteiger partial charge in [-0.3, -0.25) is 0 Å². The van der Waals surface area contributed by atoms with Crippen LogP contribution >= 0.6 is 0 Å². The second-order valence-corrected chi connectivity index (χ2v) is 0.659. The molecule has 2 N–H and O–H groups in total. The van der Waals surface area contributed by atoms with Gasteiger partial charge >= 0.3 is 0 Å². The highest BCUT2D eigenvalue weighted by Gasteiger charge is 1.66. The third kappa shape index (κ3) is 3.92. The second kappa shape index (κ2) is 3.92. The van der Waals surface area contributed by atoms with Crippen molar-refractivity contribution in [2.75, 3.05) is 13.2 Å². The average Bonchev–Trinajstić information content (AvgIpc) is 1.41. The molecule has 0 heterocycles. The summed E-state index contributed by atoms with van der Waals surface area (Å²) in [4.78, 5) is 0. The zero-order valence-electron chi connectivity index (χ0n) is 2.98. The van der Waals surface area contributed by atoms with E-state index in [0.717, 1.165) is 0 Å². The summed E-state index contributed by atoms with van der Waals surface area (Å²) in [5.41, 5.74) is 4.93. The van der Waals surface area contributed by atoms with Gasteiger partial charge < -0.3 is 10.5 Å². The van der Waals surface area contributed by atoms with Gasteiger partial charge in [0, 0.05) is 6.54 Å². The number of rotatable bonds is 2. The number of nitrogens with two attached hydrogens (primary N) is 1. The third-order valence-corrected chi connectivity index (χ3v) is 0.236. The van der Waals surface area contributed by atoms with Crippen molar-refractivity contribution in [1.82, 2.24) is 0 Å². The van der Waals surface area contributed by atoms with Crippen molar-refractivity contribution in [1.29, 1.82) is 0 Å². The highest BCUT2D eigenvalue weighted by Crippen LogP contribution is 1.57. The lowest BCUT2D eigenvalue weighted by Gasteiger charge is -1.83. The van der Waals surface area contributed by atoms with Gasteiger partial charge in [-0.1, -0.05) is 0 Å². The lowest BCUT2D eigenvalue weighted by Crippen LogP contribution is -2.04. The largest absolute Gasteiger partial charge is 0.371 e. The lowest BCUT2D eigenvalue weighted by molar-refractivity contribution is 0.252. The number of hydrogen-bond acceptors (Lipinski definition) is 2. The molecule has 30 valence electrons. The first-order chi connectivity index (χ1) is 2.41. The molecule has 0 aromatic heterocycles. The first kappa shape index (κ1) is 4.92. The summed E-state index contributed by atoms with van der Waals surface area (Å²) >= 11 is 0. The zero-order valence-corrected chi connectivity index (χ0v) is 2.98. The van der Waals surface area contributed by atoms with E-state index in [2.05, 4.69) is 11.8 Å². The Balaban J connectivity index is 2.19. The molecule has 5 heavy (non-hydrogen) atoms. The van der Waals surface area contributed by atoms with Crippen molar-refractivity contribution in [2.24, 2.45) is 5.73 Å². The van der Waals surface area contributed by atoms with E-state index < -0.39 is 0 Å². The molecule has 0 aromatic rings. The molecule has 2 heteroatoms. The third-order valence-electron chi connectivity index (χ3n) is 0.236. The van der Waals surface area contributed by atoms with E-state index in [1.807, 2.05) is 0 Å². The minimum Gasteiger partial charge on any atom is -0.371 e. The molecule has 2 radical (unpaired) electrons. The molecule has 0 fully saturated rings. The molecule has 0 aliphatic heterocycles. The maximum atomic E-state index is 4.93. The summed E-state index contributed by atoms with van der Waals surface area (Å²) in [6.45, 7) is 0.941. The van der Waals surface area contributed by atoms with Crippen LogP contribution < -0.4 is 5.73 Å². The summed E-state index contributed by atoms with van der Waals surface area (Å²) in [5.74, 6) is 0. The molecular formula is C3H7NO. The van der Waals surface area contributed by atoms with Gasteiger partial charge in [0.25, 0.3) is 0 Å². The van der Waals surface area contributed by atoms with Gasteiger partial charge in [-0.15, -0.1) is 0 Å². The van der Waals surface area contributed by atoms with Crippen molar-refractivity contribution < 1.29 is 4.74 Å². The molecule has 0 spiro atoms. The summed E-state index contributed by atoms with van der Waals surface area (Å²) in [5, 5.41) is 0. The highest BCUT2D eigenvalue weighted by atomic mass is 16.5. The van der Waals surface area contributed by atoms with Crippen molar-refractivity contribution >= 4 is 0 Å². The van der Waals surface area contributed by atoms with Crippen LogP contribution in [-0.2, 0) is 4.74 Å². The molecule has 0 saturated heterocycles. The molecule has 0 aromatic carbocycles. The Labute approximate surface area is 31.9 Å². The van der Waals surface area contributed by atoms with Gasteiger partial charge in [0.05, 0.1) is 6.61 Å². The lowest BCUT2D eigenvalue weighted by atomic mass is 10.7. The SMILES string of the molecule is [CH]OCCN. The fourth-order valence-electron chi connectivity index (χ4n) is 0.0680. The summed E-state index contributed by atoms with van der Waals surface area (Å²) in [7, 11) is 4.56. The Morgan fingerprint density at radius 2 is 2.40 bits per heavy atom. The van der Waals surface area contributed by atoms with Gasteiger partial charge in [0.2, 0.25) is 0 Å². The van der Waals surface area contributed by atoms with Gasteiger partial charge in [-0.25, -0.2) is 0 Å². The fourth-order valence-corrected chi connectivity index (χ4v) is 0.0680. The minimum atomic E-state index is 0.444. The Bertz CT molecular complexity index is 14.4. The topological polar surface area (TPSA) is 35.2 Å². The van der Waals surface area contributed by atoms with Crippen LogP contribution in [-0.4, -0.2) is 13.2 Å². The Kier molecular flexibility index (Phi) is 3.86. The van der Waals surface area contributed by atoms with Crippen molar-refractivity contribution in [3.05, 3.63) is 7.11 Å². The van der Waals surface area contributed by atoms with E-state index in [0.29, 0.717) is 13.2 Å². The van der Waals surface area contributed by atoms with Crippen molar-refractivity contribution in [3.63, 3.8) is 0 Å². The van der Waals surface area contributed by atoms with Crippen molar-refractivity contribution in [3.8, 4) is 0 Å². The molecule has 0 unspecified atom stereocenters. The first-order valence-electron chi connectivity index (χ1n) is 1.43. The molecule has 0 amide bonds. The summed E-state index contributed by atoms with van der Waals surface area (Å²) < 4.78 is 4.07. The molecule has 0 rings (SSSR count). The first-order valence-corrected chi connectivity index (χ1v) is 1.43. The maximum Gasteiger partial charge on any atom is 0.115 e. The Morgan fingerprint density at radius 3 is 2.40 bits per heavy atom. The van der Waals surface area contributed by atoms with Crippen LogP contribution in [0.25, 0.3) is 0 Å². The molecule has 0 saturated carbocycles. The predicted octanol–water partition coefficient (Wildman–Crippen LogP) is -0.370. The van der Waals surface area contributed by atoms with E-state index in [4.69, 9.17) is 5.73 Å². The van der Waals surface area contributed by atoms with E-state index in [9.17, 15) is 0 Å². The van der Waals surface area contributed by atoms with Gasteiger partial charge in [-0.05, 0) is 0 Å². The van der Waals surface area contributed by atoms with E-state index in [-0.39, 0.29) is 0 Å². The van der Waals surface area contributed by atoms with Crippen molar-refractivity contribution in [2.45, 2.75) is 0 Å². The Morgan fingerprint density at radius 1 is 1.80 bits per heavy atom. The van der Waals surface area contributed by atoms with Crippen LogP contribution in [0.1, 0.15) is 0 Å². The minimum absolute atomic E-state index is 0.444. The zero-order chi connectivity index (χ0) is 4.12. The van der Waals surface area contributed by atoms with E-state index in [1.54, 1.807) is 0 Å². The van der Waals surface area contributed by atoms with Crippen LogP contribution in [0.2, 0.25) is 0 Å². The normalized spacial score (nSPS) is 8.40. The van der Waals surface area contributed by atoms with Crippen LogP contribution in [0.15, 0.2) is 0 Å². The Hall–Kier alpha value is -0.0800. The molecule has 0 atom stereocenters. The summed E-state index contributed by atoms with van der Waals surface area (Å²) in [6.07, 6.45) is 0. The second-order valence-electron chi connectivity index (χ2n) is 0.659. The number of hydrogen-bond donors (Lipinski definition) is 1.